The number of aliphatic hydroxyl groups is 2. The van der Waals surface area contributed by atoms with Gasteiger partial charge >= 0.3 is 0 Å². The number of carbonyl (C=O) groups is 1. The lowest BCUT2D eigenvalue weighted by atomic mass is 9.83. The molecule has 2 atom stereocenters. The summed E-state index contributed by atoms with van der Waals surface area (Å²) in [6.07, 6.45) is 5.64. The van der Waals surface area contributed by atoms with Crippen LogP contribution in [0.4, 0.5) is 5.69 Å². The Bertz CT molecular complexity index is 1340. The normalized spacial score (nSPS) is 18.2. The maximum atomic E-state index is 13.7. The Labute approximate surface area is 212 Å². The molecule has 2 aromatic carbocycles. The van der Waals surface area contributed by atoms with Crippen LogP contribution in [0.2, 0.25) is 0 Å². The molecule has 1 aliphatic heterocycles. The summed E-state index contributed by atoms with van der Waals surface area (Å²) in [6, 6.07) is 16.1. The van der Waals surface area contributed by atoms with E-state index in [0.29, 0.717) is 23.4 Å². The Hall–Kier alpha value is -3.20. The zero-order valence-electron chi connectivity index (χ0n) is 19.5. The second kappa shape index (κ2) is 10.2. The predicted octanol–water partition coefficient (Wildman–Crippen LogP) is 3.92. The van der Waals surface area contributed by atoms with Gasteiger partial charge in [-0.05, 0) is 54.4 Å². The third-order valence-electron chi connectivity index (χ3n) is 6.27. The Morgan fingerprint density at radius 3 is 2.69 bits per heavy atom. The Morgan fingerprint density at radius 2 is 1.94 bits per heavy atom. The van der Waals surface area contributed by atoms with Gasteiger partial charge in [-0.25, -0.2) is 0 Å². The molecule has 4 rings (SSSR count). The average Bonchev–Trinajstić information content (AvgIpc) is 3.06. The summed E-state index contributed by atoms with van der Waals surface area (Å²) < 4.78 is 7.40. The molecule has 1 amide bonds. The molecule has 0 fully saturated rings. The van der Waals surface area contributed by atoms with Gasteiger partial charge in [-0.2, -0.15) is 0 Å². The third kappa shape index (κ3) is 4.57. The van der Waals surface area contributed by atoms with Crippen molar-refractivity contribution in [1.29, 1.82) is 0 Å². The fourth-order valence-corrected chi connectivity index (χ4v) is 4.77. The number of carbonyl (C=O) groups excluding carboxylic acids is 1. The predicted molar refractivity (Wildman–Crippen MR) is 138 cm³/mol. The maximum Gasteiger partial charge on any atom is 0.297 e. The smallest absolute Gasteiger partial charge is 0.297 e. The molecule has 7 nitrogen and oxygen atoms in total. The molecule has 0 unspecified atom stereocenters. The number of hydrogen-bond donors (Lipinski definition) is 2. The van der Waals surface area contributed by atoms with E-state index in [0.717, 1.165) is 10.0 Å². The number of benzene rings is 2. The number of aliphatic hydroxyl groups excluding tert-OH is 1. The molecule has 1 aromatic heterocycles. The number of anilines is 1. The summed E-state index contributed by atoms with van der Waals surface area (Å²) in [5, 5.41) is 20.8. The van der Waals surface area contributed by atoms with Gasteiger partial charge in [0.2, 0.25) is 0 Å². The molecule has 0 saturated heterocycles. The van der Waals surface area contributed by atoms with Crippen molar-refractivity contribution in [1.82, 2.24) is 4.57 Å². The van der Waals surface area contributed by atoms with Gasteiger partial charge in [0.25, 0.3) is 11.5 Å². The van der Waals surface area contributed by atoms with Gasteiger partial charge in [-0.3, -0.25) is 14.2 Å². The number of nitrogens with zero attached hydrogens (tertiary/aromatic N) is 2. The van der Waals surface area contributed by atoms with Gasteiger partial charge in [0.1, 0.15) is 0 Å². The number of aromatic nitrogens is 1. The fraction of sp³-hybridized carbons (Fsp3) is 0.259. The molecule has 0 spiro atoms. The largest absolute Gasteiger partial charge is 0.491 e. The lowest BCUT2D eigenvalue weighted by Crippen LogP contribution is -2.44. The second-order valence-electron chi connectivity index (χ2n) is 8.47. The molecule has 0 radical (unpaired) electrons. The molecule has 2 heterocycles. The SMILES string of the molecule is COc1cccn(-c2cccc(CN3C(=O)[C@@](O)([C@@H](C)/C=C/CCO)c4cc(Br)ccc43)c2)c1=O. The van der Waals surface area contributed by atoms with Gasteiger partial charge in [0.15, 0.2) is 11.4 Å². The van der Waals surface area contributed by atoms with Crippen LogP contribution in [-0.4, -0.2) is 34.4 Å². The topological polar surface area (TPSA) is 92.0 Å². The minimum absolute atomic E-state index is 0.00340. The fourth-order valence-electron chi connectivity index (χ4n) is 4.41. The van der Waals surface area contributed by atoms with Crippen LogP contribution >= 0.6 is 15.9 Å². The lowest BCUT2D eigenvalue weighted by Gasteiger charge is -2.27. The number of rotatable bonds is 8. The highest BCUT2D eigenvalue weighted by molar-refractivity contribution is 9.10. The first-order valence-corrected chi connectivity index (χ1v) is 12.1. The standard InChI is InChI=1S/C27H27BrN2O5/c1-18(7-3-4-14-31)27(34)22-16-20(28)11-12-23(22)30(26(27)33)17-19-8-5-9-21(15-19)29-13-6-10-24(35-2)25(29)32/h3,5-13,15-16,18,31,34H,4,14,17H2,1-2H3/b7-3+/t18-,27+/m0/s1. The van der Waals surface area contributed by atoms with Crippen molar-refractivity contribution in [3.63, 3.8) is 0 Å². The van der Waals surface area contributed by atoms with Crippen LogP contribution in [-0.2, 0) is 16.9 Å². The molecule has 2 N–H and O–H groups in total. The van der Waals surface area contributed by atoms with Gasteiger partial charge < -0.3 is 19.8 Å². The minimum atomic E-state index is -1.74. The van der Waals surface area contributed by atoms with E-state index in [1.54, 1.807) is 48.4 Å². The summed E-state index contributed by atoms with van der Waals surface area (Å²) in [5.74, 6) is -0.697. The number of halogens is 1. The molecule has 3 aromatic rings. The monoisotopic (exact) mass is 538 g/mol. The highest BCUT2D eigenvalue weighted by Crippen LogP contribution is 2.46. The van der Waals surface area contributed by atoms with Crippen molar-refractivity contribution < 1.29 is 19.7 Å². The zero-order chi connectivity index (χ0) is 25.2. The van der Waals surface area contributed by atoms with E-state index in [-0.39, 0.29) is 24.5 Å². The van der Waals surface area contributed by atoms with Gasteiger partial charge in [0.05, 0.1) is 19.3 Å². The van der Waals surface area contributed by atoms with Gasteiger partial charge in [0, 0.05) is 34.4 Å². The first kappa shape index (κ1) is 24.9. The van der Waals surface area contributed by atoms with E-state index < -0.39 is 17.4 Å². The third-order valence-corrected chi connectivity index (χ3v) is 6.77. The molecule has 0 bridgehead atoms. The lowest BCUT2D eigenvalue weighted by molar-refractivity contribution is -0.139. The quantitative estimate of drug-likeness (QED) is 0.424. The minimum Gasteiger partial charge on any atom is -0.491 e. The van der Waals surface area contributed by atoms with Crippen molar-refractivity contribution in [3.05, 3.63) is 98.9 Å². The van der Waals surface area contributed by atoms with Gasteiger partial charge in [-0.15, -0.1) is 0 Å². The van der Waals surface area contributed by atoms with E-state index in [4.69, 9.17) is 9.84 Å². The number of ether oxygens (including phenoxy) is 1. The van der Waals surface area contributed by atoms with Crippen LogP contribution in [0.15, 0.2) is 82.2 Å². The number of amides is 1. The summed E-state index contributed by atoms with van der Waals surface area (Å²) >= 11 is 3.46. The van der Waals surface area contributed by atoms with E-state index in [2.05, 4.69) is 15.9 Å². The maximum absolute atomic E-state index is 13.7. The summed E-state index contributed by atoms with van der Waals surface area (Å²) in [6.45, 7) is 2.00. The van der Waals surface area contributed by atoms with Crippen LogP contribution in [0.5, 0.6) is 5.75 Å². The first-order valence-electron chi connectivity index (χ1n) is 11.3. The van der Waals surface area contributed by atoms with Crippen molar-refractivity contribution in [2.24, 2.45) is 5.92 Å². The Morgan fingerprint density at radius 1 is 1.14 bits per heavy atom. The zero-order valence-corrected chi connectivity index (χ0v) is 21.1. The van der Waals surface area contributed by atoms with Crippen molar-refractivity contribution in [2.75, 3.05) is 18.6 Å². The number of fused-ring (bicyclic) bond motifs is 1. The molecule has 1 aliphatic rings. The highest BCUT2D eigenvalue weighted by Gasteiger charge is 2.52. The second-order valence-corrected chi connectivity index (χ2v) is 9.39. The van der Waals surface area contributed by atoms with Gasteiger partial charge in [-0.1, -0.05) is 47.1 Å². The van der Waals surface area contributed by atoms with Crippen LogP contribution in [0, 0.1) is 5.92 Å². The first-order chi connectivity index (χ1) is 16.8. The molecule has 35 heavy (non-hydrogen) atoms. The highest BCUT2D eigenvalue weighted by atomic mass is 79.9. The molecule has 182 valence electrons. The van der Waals surface area contributed by atoms with Crippen LogP contribution in [0.25, 0.3) is 5.69 Å². The molecular formula is C27H27BrN2O5. The van der Waals surface area contributed by atoms with E-state index in [1.807, 2.05) is 36.4 Å². The number of pyridine rings is 1. The van der Waals surface area contributed by atoms with Crippen LogP contribution in [0.1, 0.15) is 24.5 Å². The molecule has 8 heteroatoms. The van der Waals surface area contributed by atoms with E-state index in [1.165, 1.54) is 11.7 Å². The summed E-state index contributed by atoms with van der Waals surface area (Å²) in [4.78, 5) is 27.9. The summed E-state index contributed by atoms with van der Waals surface area (Å²) in [7, 11) is 1.45. The molecule has 0 saturated carbocycles. The molecular weight excluding hydrogens is 512 g/mol. The Balaban J connectivity index is 1.71. The Kier molecular flexibility index (Phi) is 7.25. The van der Waals surface area contributed by atoms with E-state index in [9.17, 15) is 14.7 Å². The van der Waals surface area contributed by atoms with E-state index >= 15 is 0 Å². The van der Waals surface area contributed by atoms with Crippen LogP contribution < -0.4 is 15.2 Å². The number of methoxy groups -OCH3 is 1. The van der Waals surface area contributed by atoms with Crippen molar-refractivity contribution in [3.8, 4) is 11.4 Å². The van der Waals surface area contributed by atoms with Crippen molar-refractivity contribution in [2.45, 2.75) is 25.5 Å². The average molecular weight is 539 g/mol. The van der Waals surface area contributed by atoms with Crippen molar-refractivity contribution >= 4 is 27.5 Å². The summed E-state index contributed by atoms with van der Waals surface area (Å²) in [5.41, 5.74) is 0.575. The number of hydrogen-bond acceptors (Lipinski definition) is 5. The molecule has 0 aliphatic carbocycles. The van der Waals surface area contributed by atoms with Crippen LogP contribution in [0.3, 0.4) is 0 Å².